The summed E-state index contributed by atoms with van der Waals surface area (Å²) in [6.45, 7) is 0. The first kappa shape index (κ1) is 10.5. The summed E-state index contributed by atoms with van der Waals surface area (Å²) in [6, 6.07) is 1.12. The standard InChI is InChI=1S/C9H10FNO3S/c10-8-3-7(4-11-5-8)9(12)1-2-15(13,14)6-9/h3-5,12H,1-2,6H2. The molecule has 1 aliphatic rings. The smallest absolute Gasteiger partial charge is 0.153 e. The zero-order chi connectivity index (χ0) is 11.1. The molecule has 1 saturated heterocycles. The van der Waals surface area contributed by atoms with Gasteiger partial charge in [-0.25, -0.2) is 12.8 Å². The molecule has 4 nitrogen and oxygen atoms in total. The Kier molecular flexibility index (Phi) is 2.27. The lowest BCUT2D eigenvalue weighted by atomic mass is 9.95. The molecular formula is C9H10FNO3S. The molecule has 2 heterocycles. The molecule has 0 saturated carbocycles. The first-order chi connectivity index (χ1) is 6.91. The largest absolute Gasteiger partial charge is 0.384 e. The molecule has 0 spiro atoms. The highest BCUT2D eigenvalue weighted by Gasteiger charge is 2.42. The zero-order valence-corrected chi connectivity index (χ0v) is 8.67. The lowest BCUT2D eigenvalue weighted by molar-refractivity contribution is 0.0645. The third kappa shape index (κ3) is 2.00. The molecule has 82 valence electrons. The highest BCUT2D eigenvalue weighted by molar-refractivity contribution is 7.91. The average Bonchev–Trinajstić information content (AvgIpc) is 2.42. The Balaban J connectivity index is 2.40. The molecule has 0 aliphatic carbocycles. The Hall–Kier alpha value is -1.01. The van der Waals surface area contributed by atoms with Crippen molar-refractivity contribution in [2.24, 2.45) is 0 Å². The summed E-state index contributed by atoms with van der Waals surface area (Å²) in [5.41, 5.74) is -1.25. The number of aliphatic hydroxyl groups is 1. The SMILES string of the molecule is O=S1(=O)CCC(O)(c2cncc(F)c2)C1. The van der Waals surface area contributed by atoms with E-state index < -0.39 is 21.3 Å². The van der Waals surface area contributed by atoms with Crippen molar-refractivity contribution in [3.8, 4) is 0 Å². The van der Waals surface area contributed by atoms with Gasteiger partial charge in [-0.05, 0) is 12.5 Å². The third-order valence-corrected chi connectivity index (χ3v) is 4.27. The fourth-order valence-electron chi connectivity index (χ4n) is 1.73. The van der Waals surface area contributed by atoms with E-state index in [0.29, 0.717) is 0 Å². The van der Waals surface area contributed by atoms with E-state index in [4.69, 9.17) is 0 Å². The average molecular weight is 231 g/mol. The maximum Gasteiger partial charge on any atom is 0.153 e. The first-order valence-electron chi connectivity index (χ1n) is 4.45. The van der Waals surface area contributed by atoms with Crippen LogP contribution in [0.3, 0.4) is 0 Å². The minimum atomic E-state index is -3.22. The molecular weight excluding hydrogens is 221 g/mol. The van der Waals surface area contributed by atoms with Gasteiger partial charge in [-0.2, -0.15) is 0 Å². The molecule has 0 amide bonds. The van der Waals surface area contributed by atoms with Crippen LogP contribution in [-0.4, -0.2) is 30.0 Å². The molecule has 1 aromatic rings. The Labute approximate surface area is 86.7 Å². The summed E-state index contributed by atoms with van der Waals surface area (Å²) in [4.78, 5) is 3.59. The molecule has 1 aliphatic heterocycles. The van der Waals surface area contributed by atoms with E-state index in [-0.39, 0.29) is 23.5 Å². The number of rotatable bonds is 1. The first-order valence-corrected chi connectivity index (χ1v) is 6.27. The Bertz CT molecular complexity index is 488. The number of aromatic nitrogens is 1. The van der Waals surface area contributed by atoms with Gasteiger partial charge < -0.3 is 5.11 Å². The molecule has 0 aromatic carbocycles. The van der Waals surface area contributed by atoms with Gasteiger partial charge in [0, 0.05) is 11.8 Å². The summed E-state index contributed by atoms with van der Waals surface area (Å²) < 4.78 is 35.3. The molecule has 1 aromatic heterocycles. The Morgan fingerprint density at radius 3 is 2.73 bits per heavy atom. The molecule has 2 rings (SSSR count). The fraction of sp³-hybridized carbons (Fsp3) is 0.444. The van der Waals surface area contributed by atoms with Crippen LogP contribution in [0.15, 0.2) is 18.5 Å². The second-order valence-electron chi connectivity index (χ2n) is 3.77. The van der Waals surface area contributed by atoms with Crippen molar-refractivity contribution in [2.45, 2.75) is 12.0 Å². The lowest BCUT2D eigenvalue weighted by Gasteiger charge is -2.20. The second kappa shape index (κ2) is 3.24. The van der Waals surface area contributed by atoms with Crippen LogP contribution < -0.4 is 0 Å². The van der Waals surface area contributed by atoms with Crippen molar-refractivity contribution >= 4 is 9.84 Å². The topological polar surface area (TPSA) is 67.3 Å². The molecule has 15 heavy (non-hydrogen) atoms. The molecule has 1 fully saturated rings. The van der Waals surface area contributed by atoms with Gasteiger partial charge in [-0.3, -0.25) is 4.98 Å². The summed E-state index contributed by atoms with van der Waals surface area (Å²) in [7, 11) is -3.22. The van der Waals surface area contributed by atoms with Crippen LogP contribution >= 0.6 is 0 Å². The third-order valence-electron chi connectivity index (χ3n) is 2.53. The van der Waals surface area contributed by atoms with Crippen molar-refractivity contribution in [2.75, 3.05) is 11.5 Å². The number of halogens is 1. The quantitative estimate of drug-likeness (QED) is 0.751. The van der Waals surface area contributed by atoms with Crippen LogP contribution in [0.5, 0.6) is 0 Å². The summed E-state index contributed by atoms with van der Waals surface area (Å²) >= 11 is 0. The second-order valence-corrected chi connectivity index (χ2v) is 5.95. The van der Waals surface area contributed by atoms with Gasteiger partial charge >= 0.3 is 0 Å². The predicted octanol–water partition coefficient (Wildman–Crippen LogP) is 0.227. The van der Waals surface area contributed by atoms with Crippen LogP contribution in [-0.2, 0) is 15.4 Å². The van der Waals surface area contributed by atoms with Gasteiger partial charge in [0.25, 0.3) is 0 Å². The zero-order valence-electron chi connectivity index (χ0n) is 7.85. The van der Waals surface area contributed by atoms with Gasteiger partial charge in [0.1, 0.15) is 11.4 Å². The number of hydrogen-bond donors (Lipinski definition) is 1. The van der Waals surface area contributed by atoms with E-state index in [2.05, 4.69) is 4.98 Å². The molecule has 0 bridgehead atoms. The number of sulfone groups is 1. The number of nitrogens with zero attached hydrogens (tertiary/aromatic N) is 1. The van der Waals surface area contributed by atoms with Gasteiger partial charge in [0.05, 0.1) is 17.7 Å². The van der Waals surface area contributed by atoms with Gasteiger partial charge in [-0.1, -0.05) is 0 Å². The van der Waals surface area contributed by atoms with Gasteiger partial charge in [0.2, 0.25) is 0 Å². The van der Waals surface area contributed by atoms with E-state index in [1.165, 1.54) is 6.20 Å². The minimum absolute atomic E-state index is 0.0694. The molecule has 6 heteroatoms. The Morgan fingerprint density at radius 2 is 2.20 bits per heavy atom. The van der Waals surface area contributed by atoms with Crippen molar-refractivity contribution in [3.63, 3.8) is 0 Å². The molecule has 0 radical (unpaired) electrons. The Morgan fingerprint density at radius 1 is 1.47 bits per heavy atom. The van der Waals surface area contributed by atoms with E-state index in [1.807, 2.05) is 0 Å². The van der Waals surface area contributed by atoms with Crippen LogP contribution in [0.1, 0.15) is 12.0 Å². The predicted molar refractivity (Wildman–Crippen MR) is 51.4 cm³/mol. The highest BCUT2D eigenvalue weighted by Crippen LogP contribution is 2.33. The van der Waals surface area contributed by atoms with Crippen LogP contribution in [0.25, 0.3) is 0 Å². The highest BCUT2D eigenvalue weighted by atomic mass is 32.2. The van der Waals surface area contributed by atoms with Crippen molar-refractivity contribution < 1.29 is 17.9 Å². The van der Waals surface area contributed by atoms with Gasteiger partial charge in [-0.15, -0.1) is 0 Å². The normalized spacial score (nSPS) is 29.2. The number of hydrogen-bond acceptors (Lipinski definition) is 4. The maximum atomic E-state index is 12.9. The van der Waals surface area contributed by atoms with E-state index in [9.17, 15) is 17.9 Å². The maximum absolute atomic E-state index is 12.9. The molecule has 1 atom stereocenters. The minimum Gasteiger partial charge on any atom is -0.384 e. The molecule has 1 N–H and O–H groups in total. The summed E-state index contributed by atoms with van der Waals surface area (Å²) in [5, 5.41) is 10.0. The van der Waals surface area contributed by atoms with Gasteiger partial charge in [0.15, 0.2) is 9.84 Å². The van der Waals surface area contributed by atoms with Crippen molar-refractivity contribution in [1.29, 1.82) is 0 Å². The van der Waals surface area contributed by atoms with E-state index in [1.54, 1.807) is 0 Å². The summed E-state index contributed by atoms with van der Waals surface area (Å²) in [6.07, 6.45) is 2.40. The van der Waals surface area contributed by atoms with Crippen LogP contribution in [0, 0.1) is 5.82 Å². The monoisotopic (exact) mass is 231 g/mol. The van der Waals surface area contributed by atoms with E-state index >= 15 is 0 Å². The van der Waals surface area contributed by atoms with E-state index in [0.717, 1.165) is 12.3 Å². The lowest BCUT2D eigenvalue weighted by Crippen LogP contribution is -2.27. The number of pyridine rings is 1. The molecule has 1 unspecified atom stereocenters. The van der Waals surface area contributed by atoms with Crippen molar-refractivity contribution in [3.05, 3.63) is 29.8 Å². The van der Waals surface area contributed by atoms with Crippen LogP contribution in [0.2, 0.25) is 0 Å². The van der Waals surface area contributed by atoms with Crippen molar-refractivity contribution in [1.82, 2.24) is 4.98 Å². The summed E-state index contributed by atoms with van der Waals surface area (Å²) in [5.74, 6) is -1.00. The fourth-order valence-corrected chi connectivity index (χ4v) is 3.56. The van der Waals surface area contributed by atoms with Crippen LogP contribution in [0.4, 0.5) is 4.39 Å².